The van der Waals surface area contributed by atoms with Gasteiger partial charge in [0.2, 0.25) is 0 Å². The number of allylic oxidation sites excluding steroid dienone is 1. The quantitative estimate of drug-likeness (QED) is 0.292. The molecule has 30 heavy (non-hydrogen) atoms. The van der Waals surface area contributed by atoms with Crippen LogP contribution in [0.2, 0.25) is 0 Å². The predicted octanol–water partition coefficient (Wildman–Crippen LogP) is 0.977. The molecule has 2 aliphatic rings. The lowest BCUT2D eigenvalue weighted by Crippen LogP contribution is -3.14. The van der Waals surface area contributed by atoms with Crippen LogP contribution in [0.3, 0.4) is 0 Å². The Hall–Kier alpha value is -2.02. The van der Waals surface area contributed by atoms with E-state index in [1.165, 1.54) is 63.5 Å². The minimum atomic E-state index is 0.159. The predicted molar refractivity (Wildman–Crippen MR) is 128 cm³/mol. The van der Waals surface area contributed by atoms with Crippen molar-refractivity contribution >= 4 is 11.4 Å². The first kappa shape index (κ1) is 22.7. The molecule has 1 aromatic carbocycles. The number of quaternary nitrogens is 1. The second-order valence-corrected chi connectivity index (χ2v) is 8.89. The van der Waals surface area contributed by atoms with E-state index in [9.17, 15) is 0 Å². The summed E-state index contributed by atoms with van der Waals surface area (Å²) in [5.41, 5.74) is 16.3. The third kappa shape index (κ3) is 7.04. The van der Waals surface area contributed by atoms with Gasteiger partial charge in [-0.1, -0.05) is 19.1 Å². The Morgan fingerprint density at radius 3 is 2.63 bits per heavy atom. The number of nitrogens with two attached hydrogens (primary N) is 2. The highest BCUT2D eigenvalue weighted by molar-refractivity contribution is 5.56. The zero-order valence-electron chi connectivity index (χ0n) is 18.8. The number of nitrogens with zero attached hydrogens (tertiary/aromatic N) is 1. The Kier molecular flexibility index (Phi) is 8.61. The van der Waals surface area contributed by atoms with Crippen molar-refractivity contribution in [2.75, 3.05) is 63.4 Å². The largest absolute Gasteiger partial charge is 0.399 e. The maximum atomic E-state index is 6.00. The molecule has 3 rings (SSSR count). The van der Waals surface area contributed by atoms with Crippen molar-refractivity contribution in [3.05, 3.63) is 47.7 Å². The topological polar surface area (TPSA) is 83.8 Å². The lowest BCUT2D eigenvalue weighted by Gasteiger charge is -2.32. The van der Waals surface area contributed by atoms with E-state index in [1.807, 2.05) is 6.07 Å². The molecule has 6 heteroatoms. The number of hydrogen-bond acceptors (Lipinski definition) is 5. The molecule has 2 unspecified atom stereocenters. The number of piperazine rings is 1. The highest BCUT2D eigenvalue weighted by atomic mass is 15.3. The summed E-state index contributed by atoms with van der Waals surface area (Å²) >= 11 is 0. The summed E-state index contributed by atoms with van der Waals surface area (Å²) in [6.45, 7) is 13.7. The molecule has 0 bridgehead atoms. The molecule has 1 heterocycles. The van der Waals surface area contributed by atoms with E-state index in [-0.39, 0.29) is 6.04 Å². The van der Waals surface area contributed by atoms with Crippen molar-refractivity contribution in [3.63, 3.8) is 0 Å². The van der Waals surface area contributed by atoms with Crippen molar-refractivity contribution in [2.24, 2.45) is 11.7 Å². The van der Waals surface area contributed by atoms with Gasteiger partial charge in [-0.2, -0.15) is 0 Å². The Bertz CT molecular complexity index is 720. The number of nitrogens with one attached hydrogen (secondary N) is 3. The molecule has 0 amide bonds. The average Bonchev–Trinajstić information content (AvgIpc) is 2.74. The van der Waals surface area contributed by atoms with Crippen LogP contribution < -0.4 is 27.0 Å². The summed E-state index contributed by atoms with van der Waals surface area (Å²) in [6.07, 6.45) is 8.85. The second kappa shape index (κ2) is 11.4. The Morgan fingerprint density at radius 1 is 1.13 bits per heavy atom. The molecule has 7 N–H and O–H groups in total. The van der Waals surface area contributed by atoms with Crippen molar-refractivity contribution in [1.29, 1.82) is 0 Å². The van der Waals surface area contributed by atoms with Gasteiger partial charge in [0.25, 0.3) is 0 Å². The molecule has 1 aliphatic heterocycles. The lowest BCUT2D eigenvalue weighted by molar-refractivity contribution is -0.904. The van der Waals surface area contributed by atoms with Gasteiger partial charge in [0.05, 0.1) is 19.6 Å². The van der Waals surface area contributed by atoms with E-state index in [1.54, 1.807) is 4.90 Å². The van der Waals surface area contributed by atoms with Crippen LogP contribution in [0.1, 0.15) is 25.3 Å². The molecule has 0 spiro atoms. The van der Waals surface area contributed by atoms with Gasteiger partial charge in [0.15, 0.2) is 0 Å². The highest BCUT2D eigenvalue weighted by Gasteiger charge is 2.19. The Balaban J connectivity index is 1.22. The fourth-order valence-electron chi connectivity index (χ4n) is 4.19. The molecule has 1 aliphatic carbocycles. The number of rotatable bonds is 10. The van der Waals surface area contributed by atoms with Gasteiger partial charge in [-0.25, -0.2) is 0 Å². The normalized spacial score (nSPS) is 22.7. The van der Waals surface area contributed by atoms with E-state index in [0.717, 1.165) is 24.3 Å². The van der Waals surface area contributed by atoms with Crippen LogP contribution in [0.5, 0.6) is 0 Å². The molecule has 0 saturated carbocycles. The van der Waals surface area contributed by atoms with Gasteiger partial charge in [-0.3, -0.25) is 4.90 Å². The summed E-state index contributed by atoms with van der Waals surface area (Å²) in [5.74, 6) is 0.416. The summed E-state index contributed by atoms with van der Waals surface area (Å²) in [4.78, 5) is 4.35. The fourth-order valence-corrected chi connectivity index (χ4v) is 4.19. The van der Waals surface area contributed by atoms with Gasteiger partial charge >= 0.3 is 0 Å². The molecular formula is C24H41N6+. The van der Waals surface area contributed by atoms with Gasteiger partial charge in [0.1, 0.15) is 0 Å². The summed E-state index contributed by atoms with van der Waals surface area (Å²) in [7, 11) is 0. The van der Waals surface area contributed by atoms with Gasteiger partial charge in [0, 0.05) is 62.3 Å². The number of aryl methyl sites for hydroxylation is 1. The SMILES string of the molecule is Cc1cc(NCCC[NH+]2CCN(CCCNC3=CC(C)C(N)C=C3)CC2)ccc1N. The zero-order valence-corrected chi connectivity index (χ0v) is 18.8. The highest BCUT2D eigenvalue weighted by Crippen LogP contribution is 2.16. The van der Waals surface area contributed by atoms with Crippen LogP contribution in [-0.2, 0) is 0 Å². The Labute approximate surface area is 182 Å². The van der Waals surface area contributed by atoms with Crippen molar-refractivity contribution in [2.45, 2.75) is 32.7 Å². The molecule has 1 saturated heterocycles. The maximum Gasteiger partial charge on any atom is 0.0900 e. The van der Waals surface area contributed by atoms with E-state index in [4.69, 9.17) is 11.5 Å². The lowest BCUT2D eigenvalue weighted by atomic mass is 9.96. The number of anilines is 2. The van der Waals surface area contributed by atoms with Crippen LogP contribution in [-0.4, -0.2) is 63.3 Å². The van der Waals surface area contributed by atoms with E-state index in [2.05, 4.69) is 59.7 Å². The van der Waals surface area contributed by atoms with Crippen LogP contribution >= 0.6 is 0 Å². The first-order valence-electron chi connectivity index (χ1n) is 11.6. The first-order valence-corrected chi connectivity index (χ1v) is 11.6. The standard InChI is InChI=1S/C24H40N6/c1-19-17-21(5-7-23(19)25)27-9-3-11-29-13-15-30(16-14-29)12-4-10-28-22-6-8-24(26)20(2)18-22/h5-8,17-19,23,27-28H,3-4,9-16,25-26H2,1-2H3/p+1. The summed E-state index contributed by atoms with van der Waals surface area (Å²) < 4.78 is 0. The van der Waals surface area contributed by atoms with E-state index in [0.29, 0.717) is 5.92 Å². The van der Waals surface area contributed by atoms with Crippen molar-refractivity contribution < 1.29 is 4.90 Å². The number of benzene rings is 1. The monoisotopic (exact) mass is 413 g/mol. The third-order valence-corrected chi connectivity index (χ3v) is 6.40. The molecule has 1 aromatic rings. The van der Waals surface area contributed by atoms with E-state index >= 15 is 0 Å². The van der Waals surface area contributed by atoms with Gasteiger partial charge in [-0.05, 0) is 49.1 Å². The number of hydrogen-bond donors (Lipinski definition) is 5. The van der Waals surface area contributed by atoms with Gasteiger partial charge in [-0.15, -0.1) is 0 Å². The fraction of sp³-hybridized carbons (Fsp3) is 0.583. The summed E-state index contributed by atoms with van der Waals surface area (Å²) in [5, 5.41) is 7.07. The Morgan fingerprint density at radius 2 is 1.90 bits per heavy atom. The van der Waals surface area contributed by atoms with Crippen molar-refractivity contribution in [1.82, 2.24) is 10.2 Å². The molecule has 0 aromatic heterocycles. The summed E-state index contributed by atoms with van der Waals surface area (Å²) in [6, 6.07) is 6.34. The van der Waals surface area contributed by atoms with Crippen LogP contribution in [0.15, 0.2) is 42.1 Å². The van der Waals surface area contributed by atoms with E-state index < -0.39 is 0 Å². The molecule has 166 valence electrons. The smallest absolute Gasteiger partial charge is 0.0900 e. The maximum absolute atomic E-state index is 6.00. The zero-order chi connectivity index (χ0) is 21.3. The molecule has 6 nitrogen and oxygen atoms in total. The van der Waals surface area contributed by atoms with Crippen LogP contribution in [0, 0.1) is 12.8 Å². The third-order valence-electron chi connectivity index (χ3n) is 6.40. The molecule has 1 fully saturated rings. The average molecular weight is 414 g/mol. The van der Waals surface area contributed by atoms with Crippen LogP contribution in [0.4, 0.5) is 11.4 Å². The minimum Gasteiger partial charge on any atom is -0.399 e. The number of nitrogen functional groups attached to an aromatic ring is 1. The van der Waals surface area contributed by atoms with Gasteiger partial charge < -0.3 is 27.0 Å². The van der Waals surface area contributed by atoms with Crippen LogP contribution in [0.25, 0.3) is 0 Å². The minimum absolute atomic E-state index is 0.159. The second-order valence-electron chi connectivity index (χ2n) is 8.89. The van der Waals surface area contributed by atoms with Crippen molar-refractivity contribution in [3.8, 4) is 0 Å². The molecule has 0 radical (unpaired) electrons. The first-order chi connectivity index (χ1) is 14.5. The molecular weight excluding hydrogens is 372 g/mol. The molecule has 2 atom stereocenters.